The van der Waals surface area contributed by atoms with E-state index in [4.69, 9.17) is 9.47 Å². The number of rotatable bonds is 7. The second-order valence-electron chi connectivity index (χ2n) is 5.90. The zero-order valence-electron chi connectivity index (χ0n) is 12.7. The minimum atomic E-state index is -0.132. The molecule has 2 atom stereocenters. The third-order valence-electron chi connectivity index (χ3n) is 4.31. The van der Waals surface area contributed by atoms with Crippen molar-refractivity contribution in [3.63, 3.8) is 0 Å². The summed E-state index contributed by atoms with van der Waals surface area (Å²) in [4.78, 5) is 4.32. The van der Waals surface area contributed by atoms with Gasteiger partial charge < -0.3 is 14.6 Å². The summed E-state index contributed by atoms with van der Waals surface area (Å²) in [5.74, 6) is 0.360. The van der Waals surface area contributed by atoms with Gasteiger partial charge in [0.15, 0.2) is 0 Å². The third-order valence-corrected chi connectivity index (χ3v) is 4.31. The van der Waals surface area contributed by atoms with Crippen LogP contribution in [0.5, 0.6) is 0 Å². The van der Waals surface area contributed by atoms with Crippen LogP contribution in [0.15, 0.2) is 42.6 Å². The Balaban J connectivity index is 1.66. The van der Waals surface area contributed by atoms with Crippen LogP contribution in [-0.4, -0.2) is 37.2 Å². The Kier molecular flexibility index (Phi) is 4.52. The Bertz CT molecular complexity index is 670. The first-order valence-electron chi connectivity index (χ1n) is 7.48. The molecule has 0 saturated heterocycles. The van der Waals surface area contributed by atoms with Crippen molar-refractivity contribution < 1.29 is 14.6 Å². The molecule has 2 aromatic rings. The maximum Gasteiger partial charge on any atom is 0.146 e. The molecule has 4 heteroatoms. The summed E-state index contributed by atoms with van der Waals surface area (Å²) in [6, 6.07) is 10.2. The highest BCUT2D eigenvalue weighted by Gasteiger charge is 2.52. The fourth-order valence-electron chi connectivity index (χ4n) is 2.80. The van der Waals surface area contributed by atoms with Crippen LogP contribution in [0.4, 0.5) is 0 Å². The summed E-state index contributed by atoms with van der Waals surface area (Å²) in [6.07, 6.45) is 7.05. The number of aromatic nitrogens is 1. The average molecular weight is 299 g/mol. The van der Waals surface area contributed by atoms with Crippen LogP contribution in [-0.2, 0) is 9.47 Å². The molecule has 0 spiro atoms. The van der Waals surface area contributed by atoms with E-state index in [2.05, 4.69) is 35.3 Å². The van der Waals surface area contributed by atoms with Gasteiger partial charge in [-0.15, -0.1) is 0 Å². The number of hydrogen-bond acceptors (Lipinski definition) is 4. The minimum absolute atomic E-state index is 0.132. The van der Waals surface area contributed by atoms with Crippen molar-refractivity contribution in [1.29, 1.82) is 0 Å². The quantitative estimate of drug-likeness (QED) is 0.631. The van der Waals surface area contributed by atoms with Crippen LogP contribution in [0.25, 0.3) is 17.0 Å². The normalized spacial score (nSPS) is 24.2. The molecule has 1 heterocycles. The topological polar surface area (TPSA) is 51.6 Å². The van der Waals surface area contributed by atoms with Gasteiger partial charge in [0, 0.05) is 24.1 Å². The molecule has 1 N–H and O–H groups in total. The summed E-state index contributed by atoms with van der Waals surface area (Å²) in [6.45, 7) is 0.956. The lowest BCUT2D eigenvalue weighted by Gasteiger charge is -2.12. The highest BCUT2D eigenvalue weighted by molar-refractivity contribution is 5.81. The Morgan fingerprint density at radius 3 is 3.14 bits per heavy atom. The number of nitrogens with zero attached hydrogens (tertiary/aromatic N) is 1. The lowest BCUT2D eigenvalue weighted by atomic mass is 10.1. The highest BCUT2D eigenvalue weighted by atomic mass is 16.7. The van der Waals surface area contributed by atoms with Crippen LogP contribution in [0.1, 0.15) is 12.0 Å². The second kappa shape index (κ2) is 6.57. The van der Waals surface area contributed by atoms with Gasteiger partial charge in [-0.05, 0) is 36.1 Å². The van der Waals surface area contributed by atoms with Crippen LogP contribution in [0.2, 0.25) is 0 Å². The smallest absolute Gasteiger partial charge is 0.146 e. The van der Waals surface area contributed by atoms with Gasteiger partial charge in [0.05, 0.1) is 18.7 Å². The maximum absolute atomic E-state index is 9.60. The SMILES string of the molecule is COCOCC1(CO)CC1C=Cc1ccc2ncccc2c1. The lowest BCUT2D eigenvalue weighted by Crippen LogP contribution is -2.18. The van der Waals surface area contributed by atoms with Gasteiger partial charge in [-0.3, -0.25) is 4.98 Å². The van der Waals surface area contributed by atoms with Crippen molar-refractivity contribution in [3.05, 3.63) is 48.2 Å². The van der Waals surface area contributed by atoms with Gasteiger partial charge in [0.2, 0.25) is 0 Å². The van der Waals surface area contributed by atoms with Gasteiger partial charge in [-0.25, -0.2) is 0 Å². The minimum Gasteiger partial charge on any atom is -0.396 e. The van der Waals surface area contributed by atoms with Gasteiger partial charge >= 0.3 is 0 Å². The standard InChI is InChI=1S/C18H21NO3/c1-21-13-22-12-18(11-20)10-16(18)6-4-14-5-7-17-15(9-14)3-2-8-19-17/h2-9,16,20H,10-13H2,1H3. The average Bonchev–Trinajstić information content (AvgIpc) is 3.27. The zero-order valence-corrected chi connectivity index (χ0v) is 12.7. The molecule has 0 radical (unpaired) electrons. The van der Waals surface area contributed by atoms with E-state index in [0.29, 0.717) is 12.5 Å². The molecule has 1 saturated carbocycles. The zero-order chi connectivity index (χ0) is 15.4. The molecule has 0 aliphatic heterocycles. The first-order valence-corrected chi connectivity index (χ1v) is 7.48. The number of hydrogen-bond donors (Lipinski definition) is 1. The summed E-state index contributed by atoms with van der Waals surface area (Å²) in [5, 5.41) is 10.7. The van der Waals surface area contributed by atoms with E-state index in [0.717, 1.165) is 22.9 Å². The van der Waals surface area contributed by atoms with Crippen LogP contribution in [0.3, 0.4) is 0 Å². The van der Waals surface area contributed by atoms with Crippen molar-refractivity contribution in [1.82, 2.24) is 4.98 Å². The van der Waals surface area contributed by atoms with E-state index in [1.165, 1.54) is 0 Å². The fraction of sp³-hybridized carbons (Fsp3) is 0.389. The first-order chi connectivity index (χ1) is 10.8. The Hall–Kier alpha value is -1.75. The molecular weight excluding hydrogens is 278 g/mol. The van der Waals surface area contributed by atoms with Crippen molar-refractivity contribution in [2.45, 2.75) is 6.42 Å². The van der Waals surface area contributed by atoms with E-state index >= 15 is 0 Å². The maximum atomic E-state index is 9.60. The van der Waals surface area contributed by atoms with Crippen molar-refractivity contribution in [2.24, 2.45) is 11.3 Å². The predicted octanol–water partition coefficient (Wildman–Crippen LogP) is 2.87. The molecular formula is C18H21NO3. The summed E-state index contributed by atoms with van der Waals surface area (Å²) >= 11 is 0. The summed E-state index contributed by atoms with van der Waals surface area (Å²) in [5.41, 5.74) is 2.02. The van der Waals surface area contributed by atoms with E-state index < -0.39 is 0 Å². The number of ether oxygens (including phenoxy) is 2. The van der Waals surface area contributed by atoms with E-state index in [-0.39, 0.29) is 18.8 Å². The van der Waals surface area contributed by atoms with Gasteiger partial charge in [-0.1, -0.05) is 24.3 Å². The highest BCUT2D eigenvalue weighted by Crippen LogP contribution is 2.53. The molecule has 0 bridgehead atoms. The third kappa shape index (κ3) is 3.19. The fourth-order valence-corrected chi connectivity index (χ4v) is 2.80. The van der Waals surface area contributed by atoms with Crippen LogP contribution < -0.4 is 0 Å². The monoisotopic (exact) mass is 299 g/mol. The summed E-state index contributed by atoms with van der Waals surface area (Å²) < 4.78 is 10.3. The van der Waals surface area contributed by atoms with Gasteiger partial charge in [-0.2, -0.15) is 0 Å². The molecule has 22 heavy (non-hydrogen) atoms. The van der Waals surface area contributed by atoms with Gasteiger partial charge in [0.1, 0.15) is 6.79 Å². The largest absolute Gasteiger partial charge is 0.396 e. The van der Waals surface area contributed by atoms with Crippen molar-refractivity contribution in [2.75, 3.05) is 27.1 Å². The Morgan fingerprint density at radius 1 is 1.41 bits per heavy atom. The Labute approximate surface area is 130 Å². The van der Waals surface area contributed by atoms with E-state index in [1.807, 2.05) is 12.1 Å². The Morgan fingerprint density at radius 2 is 2.32 bits per heavy atom. The number of methoxy groups -OCH3 is 1. The van der Waals surface area contributed by atoms with Crippen LogP contribution in [0, 0.1) is 11.3 Å². The molecule has 116 valence electrons. The molecule has 0 amide bonds. The first kappa shape index (κ1) is 15.2. The number of benzene rings is 1. The molecule has 3 rings (SSSR count). The van der Waals surface area contributed by atoms with Gasteiger partial charge in [0.25, 0.3) is 0 Å². The number of fused-ring (bicyclic) bond motifs is 1. The van der Waals surface area contributed by atoms with Crippen molar-refractivity contribution >= 4 is 17.0 Å². The molecule has 1 aromatic heterocycles. The molecule has 1 aliphatic carbocycles. The number of allylic oxidation sites excluding steroid dienone is 1. The molecule has 2 unspecified atom stereocenters. The molecule has 4 nitrogen and oxygen atoms in total. The number of aliphatic hydroxyl groups is 1. The predicted molar refractivity (Wildman–Crippen MR) is 86.2 cm³/mol. The van der Waals surface area contributed by atoms with E-state index in [9.17, 15) is 5.11 Å². The number of aliphatic hydroxyl groups excluding tert-OH is 1. The summed E-state index contributed by atoms with van der Waals surface area (Å²) in [7, 11) is 1.60. The molecule has 1 fully saturated rings. The van der Waals surface area contributed by atoms with Crippen LogP contribution >= 0.6 is 0 Å². The molecule has 1 aliphatic rings. The second-order valence-corrected chi connectivity index (χ2v) is 5.90. The molecule has 1 aromatic carbocycles. The van der Waals surface area contributed by atoms with E-state index in [1.54, 1.807) is 13.3 Å². The van der Waals surface area contributed by atoms with Crippen molar-refractivity contribution in [3.8, 4) is 0 Å². The lowest BCUT2D eigenvalue weighted by molar-refractivity contribution is -0.0557. The number of pyridine rings is 1.